The molecule has 2 nitrogen and oxygen atoms in total. The Balaban J connectivity index is 1.23. The minimum Gasteiger partial charge on any atom is -0.368 e. The highest BCUT2D eigenvalue weighted by Gasteiger charge is 2.45. The first-order valence-corrected chi connectivity index (χ1v) is 14.1. The molecule has 0 heterocycles. The zero-order valence-electron chi connectivity index (χ0n) is 18.6. The molecule has 0 radical (unpaired) electrons. The van der Waals surface area contributed by atoms with Gasteiger partial charge in [-0.2, -0.15) is 0 Å². The van der Waals surface area contributed by atoms with E-state index in [1.54, 1.807) is 0 Å². The second-order valence-corrected chi connectivity index (χ2v) is 12.6. The highest BCUT2D eigenvalue weighted by molar-refractivity contribution is 14.1. The lowest BCUT2D eigenvalue weighted by atomic mass is 9.70. The molecule has 4 saturated carbocycles. The van der Waals surface area contributed by atoms with Crippen LogP contribution in [0.3, 0.4) is 0 Å². The number of aliphatic hydroxyl groups excluding tert-OH is 1. The molecule has 0 bridgehead atoms. The van der Waals surface area contributed by atoms with Crippen molar-refractivity contribution in [1.82, 2.24) is 0 Å². The van der Waals surface area contributed by atoms with Gasteiger partial charge in [0.2, 0.25) is 0 Å². The van der Waals surface area contributed by atoms with Crippen LogP contribution in [0.4, 0.5) is 13.2 Å². The van der Waals surface area contributed by atoms with Crippen LogP contribution in [0.25, 0.3) is 0 Å². The molecule has 0 aromatic rings. The Morgan fingerprint density at radius 3 is 2.03 bits per heavy atom. The first kappa shape index (κ1) is 24.6. The Labute approximate surface area is 199 Å². The van der Waals surface area contributed by atoms with Crippen molar-refractivity contribution in [2.24, 2.45) is 29.6 Å². The summed E-state index contributed by atoms with van der Waals surface area (Å²) >= 11 is 2.36. The maximum absolute atomic E-state index is 14.9. The summed E-state index contributed by atoms with van der Waals surface area (Å²) in [7, 11) is 0. The summed E-state index contributed by atoms with van der Waals surface area (Å²) in [6, 6.07) is 0. The Hall–Kier alpha value is 0.440. The third kappa shape index (κ3) is 5.93. The normalized spacial score (nSPS) is 46.5. The van der Waals surface area contributed by atoms with Crippen molar-refractivity contribution in [3.8, 4) is 0 Å². The van der Waals surface area contributed by atoms with Crippen molar-refractivity contribution in [3.63, 3.8) is 0 Å². The minimum atomic E-state index is -1.64. The fraction of sp³-hybridized carbons (Fsp3) is 1.00. The van der Waals surface area contributed by atoms with Gasteiger partial charge in [0.15, 0.2) is 12.5 Å². The first-order valence-electron chi connectivity index (χ1n) is 12.8. The van der Waals surface area contributed by atoms with Crippen LogP contribution in [0.5, 0.6) is 0 Å². The topological polar surface area (TPSA) is 29.5 Å². The van der Waals surface area contributed by atoms with Crippen molar-refractivity contribution in [2.75, 3.05) is 0 Å². The van der Waals surface area contributed by atoms with Crippen LogP contribution in [-0.2, 0) is 4.74 Å². The fourth-order valence-corrected chi connectivity index (χ4v) is 7.93. The summed E-state index contributed by atoms with van der Waals surface area (Å²) in [4.78, 5) is 0. The minimum absolute atomic E-state index is 0.0449. The van der Waals surface area contributed by atoms with Gasteiger partial charge in [0.05, 0.1) is 6.10 Å². The van der Waals surface area contributed by atoms with Crippen LogP contribution >= 0.6 is 22.6 Å². The molecular formula is C25H40F3IO2. The Bertz CT molecular complexity index is 553. The summed E-state index contributed by atoms with van der Waals surface area (Å²) < 4.78 is 50.5. The molecule has 0 aromatic heterocycles. The molecule has 0 aliphatic heterocycles. The number of ether oxygens (including phenoxy) is 1. The average molecular weight is 556 g/mol. The van der Waals surface area contributed by atoms with Gasteiger partial charge in [-0.1, -0.05) is 54.7 Å². The SMILES string of the molecule is OC(OC1CCC(C2CCCCC2)C(F)C1F)C1CCC(C2CCC(I)CC2F)CC1. The van der Waals surface area contributed by atoms with Gasteiger partial charge in [0, 0.05) is 9.84 Å². The van der Waals surface area contributed by atoms with E-state index in [2.05, 4.69) is 22.6 Å². The highest BCUT2D eigenvalue weighted by atomic mass is 127. The van der Waals surface area contributed by atoms with Crippen LogP contribution in [0.2, 0.25) is 0 Å². The summed E-state index contributed by atoms with van der Waals surface area (Å²) in [6.45, 7) is 0. The Kier molecular flexibility index (Phi) is 8.91. The lowest BCUT2D eigenvalue weighted by Gasteiger charge is -2.42. The van der Waals surface area contributed by atoms with E-state index in [-0.39, 0.29) is 17.8 Å². The van der Waals surface area contributed by atoms with Gasteiger partial charge in [0.1, 0.15) is 12.3 Å². The van der Waals surface area contributed by atoms with E-state index >= 15 is 0 Å². The lowest BCUT2D eigenvalue weighted by molar-refractivity contribution is -0.206. The largest absolute Gasteiger partial charge is 0.368 e. The monoisotopic (exact) mass is 556 g/mol. The summed E-state index contributed by atoms with van der Waals surface area (Å²) in [6.07, 6.45) is 7.12. The molecule has 8 atom stereocenters. The predicted octanol–water partition coefficient (Wildman–Crippen LogP) is 7.10. The fourth-order valence-electron chi connectivity index (χ4n) is 7.09. The Morgan fingerprint density at radius 2 is 1.35 bits per heavy atom. The van der Waals surface area contributed by atoms with E-state index in [0.717, 1.165) is 64.2 Å². The third-order valence-electron chi connectivity index (χ3n) is 9.01. The molecule has 8 unspecified atom stereocenters. The van der Waals surface area contributed by atoms with Gasteiger partial charge in [0.25, 0.3) is 0 Å². The molecule has 0 aromatic carbocycles. The van der Waals surface area contributed by atoms with E-state index in [1.165, 1.54) is 6.42 Å². The molecule has 4 aliphatic rings. The molecule has 4 aliphatic carbocycles. The number of alkyl halides is 4. The maximum atomic E-state index is 14.9. The van der Waals surface area contributed by atoms with Gasteiger partial charge < -0.3 is 9.84 Å². The predicted molar refractivity (Wildman–Crippen MR) is 125 cm³/mol. The van der Waals surface area contributed by atoms with Gasteiger partial charge >= 0.3 is 0 Å². The molecule has 4 fully saturated rings. The van der Waals surface area contributed by atoms with Crippen LogP contribution in [-0.4, -0.2) is 39.9 Å². The number of aliphatic hydroxyl groups is 1. The molecule has 6 heteroatoms. The van der Waals surface area contributed by atoms with E-state index in [9.17, 15) is 18.3 Å². The molecule has 1 N–H and O–H groups in total. The zero-order valence-corrected chi connectivity index (χ0v) is 20.8. The van der Waals surface area contributed by atoms with E-state index in [0.29, 0.717) is 35.0 Å². The van der Waals surface area contributed by atoms with E-state index < -0.39 is 30.9 Å². The van der Waals surface area contributed by atoms with Crippen LogP contribution in [0.1, 0.15) is 89.9 Å². The van der Waals surface area contributed by atoms with E-state index in [1.807, 2.05) is 0 Å². The van der Waals surface area contributed by atoms with Gasteiger partial charge in [-0.3, -0.25) is 0 Å². The average Bonchev–Trinajstić information content (AvgIpc) is 2.78. The Morgan fingerprint density at radius 1 is 0.710 bits per heavy atom. The van der Waals surface area contributed by atoms with Gasteiger partial charge in [-0.15, -0.1) is 0 Å². The summed E-state index contributed by atoms with van der Waals surface area (Å²) in [5, 5.41) is 10.6. The molecular weight excluding hydrogens is 516 g/mol. The number of hydrogen-bond donors (Lipinski definition) is 1. The summed E-state index contributed by atoms with van der Waals surface area (Å²) in [5.41, 5.74) is 0. The standard InChI is InChI=1S/C25H40F3IO2/c26-21-14-18(29)10-11-19(21)16-6-8-17(9-7-16)25(30)31-22-13-12-20(23(27)24(22)28)15-4-2-1-3-5-15/h15-25,30H,1-14H2. The van der Waals surface area contributed by atoms with Crippen LogP contribution < -0.4 is 0 Å². The van der Waals surface area contributed by atoms with Gasteiger partial charge in [-0.25, -0.2) is 13.2 Å². The number of halogens is 4. The molecule has 180 valence electrons. The number of hydrogen-bond acceptors (Lipinski definition) is 2. The van der Waals surface area contributed by atoms with Gasteiger partial charge in [-0.05, 0) is 81.5 Å². The van der Waals surface area contributed by atoms with Crippen molar-refractivity contribution in [1.29, 1.82) is 0 Å². The number of rotatable bonds is 5. The van der Waals surface area contributed by atoms with Crippen LogP contribution in [0.15, 0.2) is 0 Å². The lowest BCUT2D eigenvalue weighted by Crippen LogP contribution is -2.47. The summed E-state index contributed by atoms with van der Waals surface area (Å²) in [5.74, 6) is 0.621. The third-order valence-corrected chi connectivity index (χ3v) is 10.1. The van der Waals surface area contributed by atoms with Crippen molar-refractivity contribution in [3.05, 3.63) is 0 Å². The molecule has 31 heavy (non-hydrogen) atoms. The highest BCUT2D eigenvalue weighted by Crippen LogP contribution is 2.45. The second-order valence-electron chi connectivity index (χ2n) is 10.9. The first-order chi connectivity index (χ1) is 14.9. The second kappa shape index (κ2) is 11.2. The molecule has 4 rings (SSSR count). The maximum Gasteiger partial charge on any atom is 0.157 e. The van der Waals surface area contributed by atoms with Crippen molar-refractivity contribution >= 4 is 22.6 Å². The quantitative estimate of drug-likeness (QED) is 0.222. The molecule has 0 amide bonds. The van der Waals surface area contributed by atoms with Crippen LogP contribution in [0, 0.1) is 29.6 Å². The molecule has 0 spiro atoms. The smallest absolute Gasteiger partial charge is 0.157 e. The van der Waals surface area contributed by atoms with Crippen molar-refractivity contribution in [2.45, 2.75) is 125 Å². The zero-order chi connectivity index (χ0) is 22.0. The molecule has 0 saturated heterocycles. The van der Waals surface area contributed by atoms with Crippen molar-refractivity contribution < 1.29 is 23.0 Å². The van der Waals surface area contributed by atoms with E-state index in [4.69, 9.17) is 4.74 Å².